The first-order chi connectivity index (χ1) is 9.51. The number of halogens is 1. The van der Waals surface area contributed by atoms with Crippen LogP contribution in [0, 0.1) is 10.1 Å². The van der Waals surface area contributed by atoms with Crippen LogP contribution in [0.2, 0.25) is 5.02 Å². The first-order valence-corrected chi connectivity index (χ1v) is 6.16. The van der Waals surface area contributed by atoms with E-state index in [1.54, 1.807) is 13.0 Å². The Morgan fingerprint density at radius 1 is 1.55 bits per heavy atom. The van der Waals surface area contributed by atoms with Gasteiger partial charge in [-0.05, 0) is 19.1 Å². The fourth-order valence-corrected chi connectivity index (χ4v) is 1.86. The molecule has 0 atom stereocenters. The summed E-state index contributed by atoms with van der Waals surface area (Å²) < 4.78 is 1.50. The molecule has 7 nitrogen and oxygen atoms in total. The number of hydrogen-bond acceptors (Lipinski definition) is 4. The summed E-state index contributed by atoms with van der Waals surface area (Å²) in [5.74, 6) is -0.191. The molecule has 1 amide bonds. The zero-order chi connectivity index (χ0) is 14.7. The van der Waals surface area contributed by atoms with E-state index in [1.165, 1.54) is 29.1 Å². The minimum absolute atomic E-state index is 0.129. The van der Waals surface area contributed by atoms with E-state index in [0.29, 0.717) is 11.6 Å². The second kappa shape index (κ2) is 5.70. The number of carbonyl (C=O) groups is 1. The van der Waals surface area contributed by atoms with Gasteiger partial charge < -0.3 is 9.88 Å². The lowest BCUT2D eigenvalue weighted by Gasteiger charge is -2.06. The van der Waals surface area contributed by atoms with E-state index in [0.717, 1.165) is 0 Å². The highest BCUT2D eigenvalue weighted by atomic mass is 35.5. The van der Waals surface area contributed by atoms with E-state index in [-0.39, 0.29) is 17.2 Å². The third kappa shape index (κ3) is 2.94. The Labute approximate surface area is 119 Å². The Bertz CT molecular complexity index is 668. The number of aromatic nitrogens is 2. The summed E-state index contributed by atoms with van der Waals surface area (Å²) in [5, 5.41) is 13.7. The van der Waals surface area contributed by atoms with Gasteiger partial charge in [-0.25, -0.2) is 4.98 Å². The van der Waals surface area contributed by atoms with Crippen molar-refractivity contribution < 1.29 is 9.72 Å². The molecule has 0 aliphatic carbocycles. The molecule has 0 saturated heterocycles. The minimum atomic E-state index is -0.541. The summed E-state index contributed by atoms with van der Waals surface area (Å²) in [6, 6.07) is 4.30. The van der Waals surface area contributed by atoms with E-state index < -0.39 is 10.8 Å². The van der Waals surface area contributed by atoms with Crippen LogP contribution < -0.4 is 5.32 Å². The lowest BCUT2D eigenvalue weighted by molar-refractivity contribution is -0.384. The number of anilines is 1. The molecule has 0 saturated carbocycles. The Kier molecular flexibility index (Phi) is 3.99. The summed E-state index contributed by atoms with van der Waals surface area (Å²) in [4.78, 5) is 26.2. The Morgan fingerprint density at radius 3 is 2.90 bits per heavy atom. The van der Waals surface area contributed by atoms with Crippen LogP contribution in [0.1, 0.15) is 17.4 Å². The highest BCUT2D eigenvalue weighted by Gasteiger charge is 2.19. The molecule has 0 aliphatic rings. The molecule has 20 heavy (non-hydrogen) atoms. The number of nitrogens with zero attached hydrogens (tertiary/aromatic N) is 3. The van der Waals surface area contributed by atoms with Crippen LogP contribution in [0.25, 0.3) is 0 Å². The molecule has 0 unspecified atom stereocenters. The fraction of sp³-hybridized carbons (Fsp3) is 0.167. The van der Waals surface area contributed by atoms with Gasteiger partial charge in [-0.2, -0.15) is 0 Å². The van der Waals surface area contributed by atoms with Crippen molar-refractivity contribution in [3.8, 4) is 0 Å². The molecule has 1 N–H and O–H groups in total. The molecule has 2 rings (SSSR count). The summed E-state index contributed by atoms with van der Waals surface area (Å²) in [5.41, 5.74) is 0.0667. The quantitative estimate of drug-likeness (QED) is 0.693. The van der Waals surface area contributed by atoms with Crippen molar-refractivity contribution in [2.45, 2.75) is 13.5 Å². The Balaban J connectivity index is 2.27. The van der Waals surface area contributed by atoms with Crippen molar-refractivity contribution in [2.24, 2.45) is 0 Å². The minimum Gasteiger partial charge on any atom is -0.337 e. The van der Waals surface area contributed by atoms with Crippen LogP contribution in [0.15, 0.2) is 30.6 Å². The average Bonchev–Trinajstić information content (AvgIpc) is 2.83. The smallest absolute Gasteiger partial charge is 0.287 e. The molecule has 8 heteroatoms. The van der Waals surface area contributed by atoms with E-state index >= 15 is 0 Å². The predicted octanol–water partition coefficient (Wildman–Crippen LogP) is 2.72. The van der Waals surface area contributed by atoms with E-state index in [2.05, 4.69) is 10.3 Å². The second-order valence-electron chi connectivity index (χ2n) is 3.94. The highest BCUT2D eigenvalue weighted by molar-refractivity contribution is 6.30. The molecule has 0 radical (unpaired) electrons. The van der Waals surface area contributed by atoms with Gasteiger partial charge in [0, 0.05) is 23.8 Å². The van der Waals surface area contributed by atoms with Gasteiger partial charge in [0.1, 0.15) is 11.5 Å². The number of carbonyl (C=O) groups excluding carboxylic acids is 1. The number of pyridine rings is 1. The summed E-state index contributed by atoms with van der Waals surface area (Å²) in [7, 11) is 0. The van der Waals surface area contributed by atoms with Crippen LogP contribution >= 0.6 is 11.6 Å². The molecule has 0 fully saturated rings. The van der Waals surface area contributed by atoms with Crippen molar-refractivity contribution in [1.29, 1.82) is 0 Å². The van der Waals surface area contributed by atoms with Gasteiger partial charge in [0.15, 0.2) is 0 Å². The van der Waals surface area contributed by atoms with Gasteiger partial charge in [-0.3, -0.25) is 14.9 Å². The Morgan fingerprint density at radius 2 is 2.30 bits per heavy atom. The highest BCUT2D eigenvalue weighted by Crippen LogP contribution is 2.18. The van der Waals surface area contributed by atoms with Crippen molar-refractivity contribution in [3.05, 3.63) is 51.4 Å². The van der Waals surface area contributed by atoms with Crippen molar-refractivity contribution in [1.82, 2.24) is 9.55 Å². The molecule has 0 aromatic carbocycles. The number of hydrogen-bond donors (Lipinski definition) is 1. The molecule has 2 aromatic rings. The number of rotatable bonds is 4. The third-order valence-corrected chi connectivity index (χ3v) is 2.86. The van der Waals surface area contributed by atoms with Gasteiger partial charge in [0.2, 0.25) is 0 Å². The first-order valence-electron chi connectivity index (χ1n) is 5.78. The van der Waals surface area contributed by atoms with Crippen LogP contribution in [0.4, 0.5) is 11.5 Å². The van der Waals surface area contributed by atoms with Crippen LogP contribution in [0.3, 0.4) is 0 Å². The molecular weight excluding hydrogens is 284 g/mol. The summed E-state index contributed by atoms with van der Waals surface area (Å²) in [6.07, 6.45) is 2.78. The second-order valence-corrected chi connectivity index (χ2v) is 4.38. The molecular formula is C12H11ClN4O3. The lowest BCUT2D eigenvalue weighted by atomic mass is 10.3. The molecule has 0 bridgehead atoms. The largest absolute Gasteiger partial charge is 0.337 e. The third-order valence-electron chi connectivity index (χ3n) is 2.63. The standard InChI is InChI=1S/C12H11ClN4O3/c1-2-16-7-9(17(19)20)6-10(16)12(18)15-11-5-8(13)3-4-14-11/h3-7H,2H2,1H3,(H,14,15,18). The lowest BCUT2D eigenvalue weighted by Crippen LogP contribution is -2.17. The molecule has 2 aromatic heterocycles. The zero-order valence-corrected chi connectivity index (χ0v) is 11.3. The maximum Gasteiger partial charge on any atom is 0.287 e. The number of aryl methyl sites for hydroxylation is 1. The van der Waals surface area contributed by atoms with Gasteiger partial charge in [0.05, 0.1) is 11.1 Å². The Hall–Kier alpha value is -2.41. The van der Waals surface area contributed by atoms with E-state index in [4.69, 9.17) is 11.6 Å². The van der Waals surface area contributed by atoms with Crippen LogP contribution in [0.5, 0.6) is 0 Å². The maximum atomic E-state index is 12.1. The van der Waals surface area contributed by atoms with Gasteiger partial charge in [0.25, 0.3) is 11.6 Å². The molecule has 104 valence electrons. The van der Waals surface area contributed by atoms with Crippen molar-refractivity contribution in [3.63, 3.8) is 0 Å². The summed E-state index contributed by atoms with van der Waals surface area (Å²) in [6.45, 7) is 2.23. The van der Waals surface area contributed by atoms with Crippen LogP contribution in [-0.2, 0) is 6.54 Å². The number of nitrogens with one attached hydrogen (secondary N) is 1. The number of amides is 1. The summed E-state index contributed by atoms with van der Waals surface area (Å²) >= 11 is 5.79. The molecule has 0 spiro atoms. The average molecular weight is 295 g/mol. The normalized spacial score (nSPS) is 10.3. The van der Waals surface area contributed by atoms with Gasteiger partial charge in [-0.15, -0.1) is 0 Å². The van der Waals surface area contributed by atoms with Crippen molar-refractivity contribution in [2.75, 3.05) is 5.32 Å². The SMILES string of the molecule is CCn1cc([N+](=O)[O-])cc1C(=O)Nc1cc(Cl)ccn1. The van der Waals surface area contributed by atoms with Gasteiger partial charge >= 0.3 is 0 Å². The maximum absolute atomic E-state index is 12.1. The topological polar surface area (TPSA) is 90.1 Å². The van der Waals surface area contributed by atoms with Crippen LogP contribution in [-0.4, -0.2) is 20.4 Å². The van der Waals surface area contributed by atoms with E-state index in [1.807, 2.05) is 0 Å². The van der Waals surface area contributed by atoms with E-state index in [9.17, 15) is 14.9 Å². The monoisotopic (exact) mass is 294 g/mol. The van der Waals surface area contributed by atoms with Crippen molar-refractivity contribution >= 4 is 29.0 Å². The van der Waals surface area contributed by atoms with Gasteiger partial charge in [-0.1, -0.05) is 11.6 Å². The molecule has 2 heterocycles. The fourth-order valence-electron chi connectivity index (χ4n) is 1.70. The zero-order valence-electron chi connectivity index (χ0n) is 10.5. The first kappa shape index (κ1) is 14.0. The molecule has 0 aliphatic heterocycles. The predicted molar refractivity (Wildman–Crippen MR) is 74.0 cm³/mol. The number of nitro groups is 1.